The maximum Gasteiger partial charge on any atom is 0.165 e. The second-order valence-corrected chi connectivity index (χ2v) is 4.94. The van der Waals surface area contributed by atoms with Crippen LogP contribution >= 0.6 is 11.6 Å². The number of halogens is 3. The second-order valence-electron chi connectivity index (χ2n) is 4.50. The molecule has 0 unspecified atom stereocenters. The molecule has 2 nitrogen and oxygen atoms in total. The van der Waals surface area contributed by atoms with Crippen molar-refractivity contribution in [3.05, 3.63) is 64.2 Å². The number of hydrogen-bond donors (Lipinski definition) is 1. The molecule has 2 aromatic rings. The molecular weight excluding hydrogens is 284 g/mol. The van der Waals surface area contributed by atoms with E-state index in [0.29, 0.717) is 16.1 Å². The average molecular weight is 298 g/mol. The van der Waals surface area contributed by atoms with Gasteiger partial charge >= 0.3 is 0 Å². The van der Waals surface area contributed by atoms with Gasteiger partial charge in [0.2, 0.25) is 0 Å². The summed E-state index contributed by atoms with van der Waals surface area (Å²) in [7, 11) is 0. The Morgan fingerprint density at radius 2 is 1.90 bits per heavy atom. The van der Waals surface area contributed by atoms with Crippen molar-refractivity contribution >= 4 is 11.6 Å². The molecule has 0 radical (unpaired) electrons. The first-order valence-corrected chi connectivity index (χ1v) is 6.47. The highest BCUT2D eigenvalue weighted by Crippen LogP contribution is 2.23. The van der Waals surface area contributed by atoms with Crippen LogP contribution in [-0.4, -0.2) is 0 Å². The summed E-state index contributed by atoms with van der Waals surface area (Å²) in [6.07, 6.45) is 0. The van der Waals surface area contributed by atoms with Gasteiger partial charge in [-0.25, -0.2) is 8.78 Å². The Morgan fingerprint density at radius 3 is 2.50 bits per heavy atom. The molecule has 0 fully saturated rings. The van der Waals surface area contributed by atoms with E-state index in [4.69, 9.17) is 22.1 Å². The molecule has 2 N–H and O–H groups in total. The number of hydrogen-bond acceptors (Lipinski definition) is 2. The lowest BCUT2D eigenvalue weighted by molar-refractivity contribution is 0.284. The van der Waals surface area contributed by atoms with Crippen molar-refractivity contribution in [1.82, 2.24) is 0 Å². The topological polar surface area (TPSA) is 35.2 Å². The SMILES string of the molecule is C[C@H](N)c1ccc(OCc2ccc(Cl)cc2F)c(F)c1. The van der Waals surface area contributed by atoms with E-state index in [1.54, 1.807) is 19.1 Å². The van der Waals surface area contributed by atoms with Gasteiger partial charge in [-0.3, -0.25) is 0 Å². The first-order chi connectivity index (χ1) is 9.47. The summed E-state index contributed by atoms with van der Waals surface area (Å²) >= 11 is 5.65. The highest BCUT2D eigenvalue weighted by Gasteiger charge is 2.09. The maximum atomic E-state index is 13.8. The van der Waals surface area contributed by atoms with Gasteiger partial charge in [0.15, 0.2) is 11.6 Å². The molecule has 0 saturated carbocycles. The quantitative estimate of drug-likeness (QED) is 0.917. The zero-order chi connectivity index (χ0) is 14.7. The summed E-state index contributed by atoms with van der Waals surface area (Å²) in [6, 6.07) is 8.48. The molecule has 0 aromatic heterocycles. The predicted molar refractivity (Wildman–Crippen MR) is 74.7 cm³/mol. The van der Waals surface area contributed by atoms with Crippen molar-refractivity contribution < 1.29 is 13.5 Å². The molecule has 0 aliphatic carbocycles. The molecule has 2 aromatic carbocycles. The molecule has 0 amide bonds. The normalized spacial score (nSPS) is 12.2. The van der Waals surface area contributed by atoms with E-state index < -0.39 is 11.6 Å². The molecule has 0 spiro atoms. The molecular formula is C15H14ClF2NO. The maximum absolute atomic E-state index is 13.8. The third-order valence-electron chi connectivity index (χ3n) is 2.88. The zero-order valence-corrected chi connectivity index (χ0v) is 11.6. The van der Waals surface area contributed by atoms with Crippen LogP contribution < -0.4 is 10.5 Å². The van der Waals surface area contributed by atoms with Crippen LogP contribution in [0.2, 0.25) is 5.02 Å². The Morgan fingerprint density at radius 1 is 1.15 bits per heavy atom. The molecule has 0 saturated heterocycles. The monoisotopic (exact) mass is 297 g/mol. The fourth-order valence-corrected chi connectivity index (χ4v) is 1.87. The van der Waals surface area contributed by atoms with E-state index in [-0.39, 0.29) is 18.4 Å². The Kier molecular flexibility index (Phi) is 4.57. The number of nitrogens with two attached hydrogens (primary N) is 1. The summed E-state index contributed by atoms with van der Waals surface area (Å²) < 4.78 is 32.6. The van der Waals surface area contributed by atoms with E-state index >= 15 is 0 Å². The van der Waals surface area contributed by atoms with Crippen LogP contribution in [0.1, 0.15) is 24.1 Å². The number of rotatable bonds is 4. The van der Waals surface area contributed by atoms with Gasteiger partial charge in [-0.1, -0.05) is 23.7 Å². The fourth-order valence-electron chi connectivity index (χ4n) is 1.71. The van der Waals surface area contributed by atoms with Crippen molar-refractivity contribution in [1.29, 1.82) is 0 Å². The van der Waals surface area contributed by atoms with E-state index in [1.807, 2.05) is 0 Å². The van der Waals surface area contributed by atoms with Crippen LogP contribution in [0.5, 0.6) is 5.75 Å². The molecule has 2 rings (SSSR count). The molecule has 0 heterocycles. The minimum Gasteiger partial charge on any atom is -0.486 e. The van der Waals surface area contributed by atoms with Crippen LogP contribution in [0.3, 0.4) is 0 Å². The van der Waals surface area contributed by atoms with E-state index in [0.717, 1.165) is 0 Å². The van der Waals surface area contributed by atoms with Gasteiger partial charge < -0.3 is 10.5 Å². The summed E-state index contributed by atoms with van der Waals surface area (Å²) in [5, 5.41) is 0.304. The van der Waals surface area contributed by atoms with Gasteiger partial charge in [-0.05, 0) is 36.8 Å². The minimum atomic E-state index is -0.519. The predicted octanol–water partition coefficient (Wildman–Crippen LogP) is 4.22. The molecule has 106 valence electrons. The van der Waals surface area contributed by atoms with Crippen molar-refractivity contribution in [3.8, 4) is 5.75 Å². The van der Waals surface area contributed by atoms with Gasteiger partial charge in [0.05, 0.1) is 0 Å². The van der Waals surface area contributed by atoms with Crippen LogP contribution in [0.25, 0.3) is 0 Å². The molecule has 0 aliphatic heterocycles. The molecule has 20 heavy (non-hydrogen) atoms. The molecule has 0 bridgehead atoms. The van der Waals surface area contributed by atoms with Gasteiger partial charge in [0, 0.05) is 16.6 Å². The lowest BCUT2D eigenvalue weighted by atomic mass is 10.1. The van der Waals surface area contributed by atoms with Crippen molar-refractivity contribution in [3.63, 3.8) is 0 Å². The lowest BCUT2D eigenvalue weighted by Crippen LogP contribution is -2.06. The number of ether oxygens (including phenoxy) is 1. The van der Waals surface area contributed by atoms with Gasteiger partial charge in [0.25, 0.3) is 0 Å². The summed E-state index contributed by atoms with van der Waals surface area (Å²) in [4.78, 5) is 0. The molecule has 1 atom stereocenters. The Balaban J connectivity index is 2.11. The summed E-state index contributed by atoms with van der Waals surface area (Å²) in [6.45, 7) is 1.69. The van der Waals surface area contributed by atoms with Crippen LogP contribution in [-0.2, 0) is 6.61 Å². The second kappa shape index (κ2) is 6.20. The van der Waals surface area contributed by atoms with Crippen LogP contribution in [0, 0.1) is 11.6 Å². The van der Waals surface area contributed by atoms with Gasteiger partial charge in [-0.2, -0.15) is 0 Å². The van der Waals surface area contributed by atoms with E-state index in [1.165, 1.54) is 24.3 Å². The highest BCUT2D eigenvalue weighted by atomic mass is 35.5. The third-order valence-corrected chi connectivity index (χ3v) is 3.12. The van der Waals surface area contributed by atoms with Gasteiger partial charge in [-0.15, -0.1) is 0 Å². The first-order valence-electron chi connectivity index (χ1n) is 6.09. The summed E-state index contributed by atoms with van der Waals surface area (Å²) in [5.74, 6) is -0.942. The largest absolute Gasteiger partial charge is 0.486 e. The first kappa shape index (κ1) is 14.8. The van der Waals surface area contributed by atoms with E-state index in [2.05, 4.69) is 0 Å². The lowest BCUT2D eigenvalue weighted by Gasteiger charge is -2.11. The zero-order valence-electron chi connectivity index (χ0n) is 10.9. The van der Waals surface area contributed by atoms with Gasteiger partial charge in [0.1, 0.15) is 12.4 Å². The van der Waals surface area contributed by atoms with Crippen LogP contribution in [0.15, 0.2) is 36.4 Å². The van der Waals surface area contributed by atoms with Crippen molar-refractivity contribution in [2.24, 2.45) is 5.73 Å². The number of benzene rings is 2. The Bertz CT molecular complexity index is 617. The average Bonchev–Trinajstić information content (AvgIpc) is 2.38. The Labute approximate surface area is 121 Å². The standard InChI is InChI=1S/C15H14ClF2NO/c1-9(19)10-3-5-15(14(18)6-10)20-8-11-2-4-12(16)7-13(11)17/h2-7,9H,8,19H2,1H3/t9-/m0/s1. The third kappa shape index (κ3) is 3.46. The summed E-state index contributed by atoms with van der Waals surface area (Å²) in [5.41, 5.74) is 6.65. The molecule has 0 aliphatic rings. The highest BCUT2D eigenvalue weighted by molar-refractivity contribution is 6.30. The fraction of sp³-hybridized carbons (Fsp3) is 0.200. The Hall–Kier alpha value is -1.65. The van der Waals surface area contributed by atoms with Crippen molar-refractivity contribution in [2.75, 3.05) is 0 Å². The van der Waals surface area contributed by atoms with E-state index in [9.17, 15) is 8.78 Å². The van der Waals surface area contributed by atoms with Crippen molar-refractivity contribution in [2.45, 2.75) is 19.6 Å². The van der Waals surface area contributed by atoms with Crippen LogP contribution in [0.4, 0.5) is 8.78 Å². The smallest absolute Gasteiger partial charge is 0.165 e. The minimum absolute atomic E-state index is 0.0590. The molecule has 5 heteroatoms.